The Labute approximate surface area is 67.9 Å². The molecule has 1 radical (unpaired) electrons. The zero-order valence-electron chi connectivity index (χ0n) is 7.08. The first-order valence-electron chi connectivity index (χ1n) is 4.40. The maximum Gasteiger partial charge on any atom is 0.210 e. The van der Waals surface area contributed by atoms with E-state index in [1.165, 1.54) is 6.42 Å². The molecule has 1 rings (SSSR count). The lowest BCUT2D eigenvalue weighted by atomic mass is 10.2. The first kappa shape index (κ1) is 8.97. The molecule has 1 unspecified atom stereocenters. The molecule has 0 aromatic carbocycles. The second kappa shape index (κ2) is 4.70. The highest BCUT2D eigenvalue weighted by Gasteiger charge is 2.14. The van der Waals surface area contributed by atoms with E-state index < -0.39 is 6.29 Å². The van der Waals surface area contributed by atoms with Crippen LogP contribution in [0.25, 0.3) is 0 Å². The number of piperidine rings is 1. The molecule has 0 N–H and O–H groups in total. The van der Waals surface area contributed by atoms with Gasteiger partial charge in [0.05, 0.1) is 0 Å². The van der Waals surface area contributed by atoms with Crippen LogP contribution >= 0.6 is 0 Å². The van der Waals surface area contributed by atoms with Crippen LogP contribution in [0.5, 0.6) is 0 Å². The van der Waals surface area contributed by atoms with Gasteiger partial charge in [-0.1, -0.05) is 13.3 Å². The van der Waals surface area contributed by atoms with E-state index in [0.717, 1.165) is 25.9 Å². The maximum atomic E-state index is 10.9. The van der Waals surface area contributed by atoms with E-state index in [1.54, 1.807) is 0 Å². The van der Waals surface area contributed by atoms with Crippen LogP contribution in [-0.2, 0) is 9.94 Å². The van der Waals surface area contributed by atoms with Crippen LogP contribution in [0.4, 0.5) is 0 Å². The van der Waals surface area contributed by atoms with Gasteiger partial charge >= 0.3 is 0 Å². The van der Waals surface area contributed by atoms with E-state index in [4.69, 9.17) is 4.84 Å². The molecule has 0 bridgehead atoms. The number of hydroxylamine groups is 2. The molecule has 1 aliphatic heterocycles. The number of hydrogen-bond acceptors (Lipinski definition) is 2. The average molecular weight is 158 g/mol. The molecule has 0 spiro atoms. The Bertz CT molecular complexity index is 102. The quantitative estimate of drug-likeness (QED) is 0.584. The van der Waals surface area contributed by atoms with Gasteiger partial charge < -0.3 is 0 Å². The lowest BCUT2D eigenvalue weighted by molar-refractivity contribution is -0.288. The highest BCUT2D eigenvalue weighted by molar-refractivity contribution is 4.56. The molecular weight excluding hydrogens is 142 g/mol. The minimum atomic E-state index is -0.854. The van der Waals surface area contributed by atoms with Crippen molar-refractivity contribution < 1.29 is 9.94 Å². The number of nitrogens with zero attached hydrogens (tertiary/aromatic N) is 1. The van der Waals surface area contributed by atoms with Crippen molar-refractivity contribution in [2.45, 2.75) is 38.9 Å². The van der Waals surface area contributed by atoms with Gasteiger partial charge in [0.15, 0.2) is 0 Å². The molecule has 0 amide bonds. The molecule has 3 nitrogen and oxygen atoms in total. The molecular formula is C8H16NO2. The summed E-state index contributed by atoms with van der Waals surface area (Å²) in [4.78, 5) is 5.12. The highest BCUT2D eigenvalue weighted by atomic mass is 16.8. The van der Waals surface area contributed by atoms with Crippen LogP contribution in [-0.4, -0.2) is 24.4 Å². The predicted octanol–water partition coefficient (Wildman–Crippen LogP) is 1.57. The minimum Gasteiger partial charge on any atom is -0.264 e. The molecule has 1 fully saturated rings. The Hall–Kier alpha value is -0.120. The molecule has 0 aromatic heterocycles. The Kier molecular flexibility index (Phi) is 3.83. The van der Waals surface area contributed by atoms with Gasteiger partial charge in [-0.05, 0) is 12.8 Å². The third-order valence-corrected chi connectivity index (χ3v) is 1.92. The molecule has 1 aliphatic rings. The summed E-state index contributed by atoms with van der Waals surface area (Å²) in [5.41, 5.74) is 0. The monoisotopic (exact) mass is 158 g/mol. The Morgan fingerprint density at radius 2 is 2.00 bits per heavy atom. The summed E-state index contributed by atoms with van der Waals surface area (Å²) in [6.45, 7) is 3.71. The maximum absolute atomic E-state index is 10.9. The summed E-state index contributed by atoms with van der Waals surface area (Å²) in [5, 5.41) is 12.7. The van der Waals surface area contributed by atoms with Crippen molar-refractivity contribution >= 4 is 0 Å². The van der Waals surface area contributed by atoms with E-state index >= 15 is 0 Å². The third kappa shape index (κ3) is 3.18. The van der Waals surface area contributed by atoms with Gasteiger partial charge in [0.25, 0.3) is 0 Å². The number of hydrogen-bond donors (Lipinski definition) is 0. The van der Waals surface area contributed by atoms with E-state index in [-0.39, 0.29) is 0 Å². The fourth-order valence-corrected chi connectivity index (χ4v) is 1.21. The first-order chi connectivity index (χ1) is 5.33. The summed E-state index contributed by atoms with van der Waals surface area (Å²) in [5.74, 6) is 0. The van der Waals surface area contributed by atoms with Crippen molar-refractivity contribution in [1.29, 1.82) is 0 Å². The van der Waals surface area contributed by atoms with Crippen molar-refractivity contribution in [2.24, 2.45) is 0 Å². The van der Waals surface area contributed by atoms with Gasteiger partial charge in [-0.25, -0.2) is 0 Å². The summed E-state index contributed by atoms with van der Waals surface area (Å²) in [6, 6.07) is 0. The summed E-state index contributed by atoms with van der Waals surface area (Å²) in [6.07, 6.45) is 3.30. The zero-order chi connectivity index (χ0) is 8.10. The van der Waals surface area contributed by atoms with Crippen LogP contribution in [0, 0.1) is 0 Å². The zero-order valence-corrected chi connectivity index (χ0v) is 7.08. The lowest BCUT2D eigenvalue weighted by Gasteiger charge is -2.26. The molecule has 0 aromatic rings. The fourth-order valence-electron chi connectivity index (χ4n) is 1.21. The van der Waals surface area contributed by atoms with E-state index in [1.807, 2.05) is 12.0 Å². The molecule has 11 heavy (non-hydrogen) atoms. The van der Waals surface area contributed by atoms with Gasteiger partial charge in [-0.2, -0.15) is 10.2 Å². The third-order valence-electron chi connectivity index (χ3n) is 1.92. The summed E-state index contributed by atoms with van der Waals surface area (Å²) >= 11 is 0. The molecule has 65 valence electrons. The second-order valence-corrected chi connectivity index (χ2v) is 2.93. The van der Waals surface area contributed by atoms with E-state index in [9.17, 15) is 5.11 Å². The molecule has 1 saturated heterocycles. The summed E-state index contributed by atoms with van der Waals surface area (Å²) in [7, 11) is 0. The molecule has 1 heterocycles. The smallest absolute Gasteiger partial charge is 0.210 e. The Morgan fingerprint density at radius 1 is 1.36 bits per heavy atom. The normalized spacial score (nSPS) is 23.5. The number of rotatable bonds is 3. The van der Waals surface area contributed by atoms with Crippen molar-refractivity contribution in [3.63, 3.8) is 0 Å². The molecule has 0 saturated carbocycles. The van der Waals surface area contributed by atoms with Crippen LogP contribution in [0.15, 0.2) is 0 Å². The van der Waals surface area contributed by atoms with Crippen LogP contribution in [0.1, 0.15) is 32.6 Å². The highest BCUT2D eigenvalue weighted by Crippen LogP contribution is 2.10. The van der Waals surface area contributed by atoms with Crippen molar-refractivity contribution in [3.8, 4) is 0 Å². The van der Waals surface area contributed by atoms with Crippen molar-refractivity contribution in [2.75, 3.05) is 13.1 Å². The van der Waals surface area contributed by atoms with Crippen LogP contribution < -0.4 is 0 Å². The van der Waals surface area contributed by atoms with Gasteiger partial charge in [-0.15, -0.1) is 0 Å². The second-order valence-electron chi connectivity index (χ2n) is 2.93. The molecule has 0 aliphatic carbocycles. The van der Waals surface area contributed by atoms with Crippen LogP contribution in [0.2, 0.25) is 0 Å². The van der Waals surface area contributed by atoms with Gasteiger partial charge in [-0.3, -0.25) is 4.84 Å². The Morgan fingerprint density at radius 3 is 2.55 bits per heavy atom. The fraction of sp³-hybridized carbons (Fsp3) is 1.00. The SMILES string of the molecule is CCC([O])ON1CCCCC1. The molecule has 1 atom stereocenters. The van der Waals surface area contributed by atoms with Crippen LogP contribution in [0.3, 0.4) is 0 Å². The van der Waals surface area contributed by atoms with Gasteiger partial charge in [0, 0.05) is 19.5 Å². The van der Waals surface area contributed by atoms with Crippen molar-refractivity contribution in [1.82, 2.24) is 5.06 Å². The predicted molar refractivity (Wildman–Crippen MR) is 41.3 cm³/mol. The minimum absolute atomic E-state index is 0.552. The standard InChI is InChI=1S/C8H16NO2/c1-2-8(10)11-9-6-4-3-5-7-9/h8H,2-7H2,1H3. The average Bonchev–Trinajstić information content (AvgIpc) is 2.06. The van der Waals surface area contributed by atoms with E-state index in [2.05, 4.69) is 0 Å². The molecule has 3 heteroatoms. The first-order valence-corrected chi connectivity index (χ1v) is 4.40. The topological polar surface area (TPSA) is 32.4 Å². The van der Waals surface area contributed by atoms with Crippen molar-refractivity contribution in [3.05, 3.63) is 0 Å². The Balaban J connectivity index is 2.13. The van der Waals surface area contributed by atoms with Gasteiger partial charge in [0.1, 0.15) is 0 Å². The lowest BCUT2D eigenvalue weighted by Crippen LogP contribution is -2.33. The largest absolute Gasteiger partial charge is 0.264 e. The van der Waals surface area contributed by atoms with E-state index in [0.29, 0.717) is 6.42 Å². The summed E-state index contributed by atoms with van der Waals surface area (Å²) < 4.78 is 0. The van der Waals surface area contributed by atoms with Gasteiger partial charge in [0.2, 0.25) is 6.29 Å².